The molecule has 3 aromatic rings. The maximum Gasteiger partial charge on any atom is 0.416 e. The molecule has 0 aliphatic heterocycles. The largest absolute Gasteiger partial charge is 0.443 e. The zero-order valence-corrected chi connectivity index (χ0v) is 17.4. The normalized spacial score (nSPS) is 11.8. The van der Waals surface area contributed by atoms with Crippen LogP contribution in [0.4, 0.5) is 10.6 Å². The molecular formula is C20H24ClN5O2. The lowest BCUT2D eigenvalue weighted by molar-refractivity contribution is 0.0575. The Kier molecular flexibility index (Phi) is 5.56. The van der Waals surface area contributed by atoms with Crippen LogP contribution in [-0.2, 0) is 11.3 Å². The lowest BCUT2D eigenvalue weighted by Gasteiger charge is -2.27. The molecule has 8 heteroatoms. The van der Waals surface area contributed by atoms with Gasteiger partial charge >= 0.3 is 6.09 Å². The fourth-order valence-corrected chi connectivity index (χ4v) is 2.94. The summed E-state index contributed by atoms with van der Waals surface area (Å²) in [6.07, 6.45) is 4.63. The van der Waals surface area contributed by atoms with E-state index in [1.807, 2.05) is 32.9 Å². The second-order valence-corrected chi connectivity index (χ2v) is 8.24. The summed E-state index contributed by atoms with van der Waals surface area (Å²) in [6.45, 7) is 9.88. The van der Waals surface area contributed by atoms with Crippen LogP contribution in [0.1, 0.15) is 51.7 Å². The van der Waals surface area contributed by atoms with Gasteiger partial charge in [-0.05, 0) is 44.4 Å². The van der Waals surface area contributed by atoms with Gasteiger partial charge in [0.05, 0.1) is 12.7 Å². The number of carbonyl (C=O) groups excluding carboxylic acids is 1. The molecule has 0 aromatic carbocycles. The van der Waals surface area contributed by atoms with E-state index in [1.165, 1.54) is 4.90 Å². The second-order valence-electron chi connectivity index (χ2n) is 7.85. The van der Waals surface area contributed by atoms with Crippen LogP contribution in [0.3, 0.4) is 0 Å². The van der Waals surface area contributed by atoms with Crippen molar-refractivity contribution in [1.82, 2.24) is 19.6 Å². The lowest BCUT2D eigenvalue weighted by atomic mass is 10.1. The van der Waals surface area contributed by atoms with Gasteiger partial charge in [-0.15, -0.1) is 0 Å². The maximum atomic E-state index is 13.0. The summed E-state index contributed by atoms with van der Waals surface area (Å²) < 4.78 is 7.27. The molecule has 0 aliphatic carbocycles. The molecule has 1 amide bonds. The number of amides is 1. The van der Waals surface area contributed by atoms with Gasteiger partial charge in [0.2, 0.25) is 0 Å². The summed E-state index contributed by atoms with van der Waals surface area (Å²) in [4.78, 5) is 23.0. The summed E-state index contributed by atoms with van der Waals surface area (Å²) in [5, 5.41) is 4.74. The Morgan fingerprint density at radius 3 is 2.57 bits per heavy atom. The quantitative estimate of drug-likeness (QED) is 0.584. The number of anilines is 1. The molecule has 0 N–H and O–H groups in total. The molecule has 7 nitrogen and oxygen atoms in total. The van der Waals surface area contributed by atoms with Crippen molar-refractivity contribution >= 4 is 29.2 Å². The Hall–Kier alpha value is -2.67. The van der Waals surface area contributed by atoms with Crippen molar-refractivity contribution in [1.29, 1.82) is 0 Å². The third kappa shape index (κ3) is 4.42. The Morgan fingerprint density at radius 1 is 1.29 bits per heavy atom. The molecule has 0 fully saturated rings. The Labute approximate surface area is 169 Å². The van der Waals surface area contributed by atoms with Crippen molar-refractivity contribution in [2.75, 3.05) is 4.90 Å². The number of ether oxygens (including phenoxy) is 1. The minimum absolute atomic E-state index is 0.214. The third-order valence-electron chi connectivity index (χ3n) is 4.05. The standard InChI is InChI=1S/C20H24ClN5O2/c1-13(2)15-11-23-26-17(10-16(21)24-18(15)26)25(19(27)28-20(3,4)5)12-14-6-8-22-9-7-14/h6-11,13H,12H2,1-5H3. The Bertz CT molecular complexity index is 979. The van der Waals surface area contributed by atoms with Crippen molar-refractivity contribution < 1.29 is 9.53 Å². The predicted molar refractivity (Wildman–Crippen MR) is 109 cm³/mol. The number of halogens is 1. The second kappa shape index (κ2) is 7.75. The number of carbonyl (C=O) groups is 1. The predicted octanol–water partition coefficient (Wildman–Crippen LogP) is 4.84. The molecule has 0 aliphatic rings. The van der Waals surface area contributed by atoms with Gasteiger partial charge in [0.15, 0.2) is 5.65 Å². The topological polar surface area (TPSA) is 72.6 Å². The van der Waals surface area contributed by atoms with Gasteiger partial charge in [0, 0.05) is 24.0 Å². The monoisotopic (exact) mass is 401 g/mol. The summed E-state index contributed by atoms with van der Waals surface area (Å²) in [7, 11) is 0. The summed E-state index contributed by atoms with van der Waals surface area (Å²) in [6, 6.07) is 5.32. The lowest BCUT2D eigenvalue weighted by Crippen LogP contribution is -2.37. The minimum Gasteiger partial charge on any atom is -0.443 e. The van der Waals surface area contributed by atoms with E-state index < -0.39 is 11.7 Å². The van der Waals surface area contributed by atoms with E-state index in [9.17, 15) is 4.79 Å². The van der Waals surface area contributed by atoms with E-state index in [-0.39, 0.29) is 17.6 Å². The molecule has 148 valence electrons. The molecule has 0 spiro atoms. The summed E-state index contributed by atoms with van der Waals surface area (Å²) >= 11 is 6.30. The van der Waals surface area contributed by atoms with Crippen LogP contribution >= 0.6 is 11.6 Å². The first-order valence-electron chi connectivity index (χ1n) is 9.09. The van der Waals surface area contributed by atoms with Crippen molar-refractivity contribution in [3.8, 4) is 0 Å². The van der Waals surface area contributed by atoms with Crippen LogP contribution in [0, 0.1) is 0 Å². The third-order valence-corrected chi connectivity index (χ3v) is 4.25. The average molecular weight is 402 g/mol. The number of hydrogen-bond acceptors (Lipinski definition) is 5. The molecule has 0 saturated heterocycles. The van der Waals surface area contributed by atoms with E-state index >= 15 is 0 Å². The molecule has 0 bridgehead atoms. The number of aromatic nitrogens is 4. The molecule has 0 atom stereocenters. The highest BCUT2D eigenvalue weighted by molar-refractivity contribution is 6.29. The van der Waals surface area contributed by atoms with Gasteiger partial charge in [-0.2, -0.15) is 9.61 Å². The highest BCUT2D eigenvalue weighted by Gasteiger charge is 2.27. The fraction of sp³-hybridized carbons (Fsp3) is 0.400. The molecule has 3 aromatic heterocycles. The van der Waals surface area contributed by atoms with Crippen molar-refractivity contribution in [3.63, 3.8) is 0 Å². The molecule has 3 rings (SSSR count). The van der Waals surface area contributed by atoms with Gasteiger partial charge in [-0.25, -0.2) is 9.78 Å². The van der Waals surface area contributed by atoms with Gasteiger partial charge in [0.25, 0.3) is 0 Å². The first kappa shape index (κ1) is 20.1. The number of nitrogens with zero attached hydrogens (tertiary/aromatic N) is 5. The highest BCUT2D eigenvalue weighted by atomic mass is 35.5. The van der Waals surface area contributed by atoms with Gasteiger partial charge in [0.1, 0.15) is 16.6 Å². The zero-order chi connectivity index (χ0) is 20.5. The van der Waals surface area contributed by atoms with Gasteiger partial charge in [-0.3, -0.25) is 9.88 Å². The average Bonchev–Trinajstić information content (AvgIpc) is 3.02. The molecule has 0 saturated carbocycles. The number of rotatable bonds is 4. The van der Waals surface area contributed by atoms with Crippen molar-refractivity contribution in [2.24, 2.45) is 0 Å². The number of hydrogen-bond donors (Lipinski definition) is 0. The molecule has 3 heterocycles. The SMILES string of the molecule is CC(C)c1cnn2c(N(Cc3ccncc3)C(=O)OC(C)(C)C)cc(Cl)nc12. The van der Waals surface area contributed by atoms with Gasteiger partial charge < -0.3 is 4.74 Å². The minimum atomic E-state index is -0.642. The first-order valence-corrected chi connectivity index (χ1v) is 9.47. The fourth-order valence-electron chi connectivity index (χ4n) is 2.76. The molecule has 28 heavy (non-hydrogen) atoms. The van der Waals surface area contributed by atoms with Crippen LogP contribution in [0.25, 0.3) is 5.65 Å². The molecular weight excluding hydrogens is 378 g/mol. The van der Waals surface area contributed by atoms with Crippen LogP contribution in [0.2, 0.25) is 5.15 Å². The van der Waals surface area contributed by atoms with Crippen LogP contribution in [0.5, 0.6) is 0 Å². The van der Waals surface area contributed by atoms with Crippen molar-refractivity contribution in [3.05, 3.63) is 53.1 Å². The summed E-state index contributed by atoms with van der Waals surface area (Å²) in [5.74, 6) is 0.708. The highest BCUT2D eigenvalue weighted by Crippen LogP contribution is 2.28. The van der Waals surface area contributed by atoms with E-state index in [1.54, 1.807) is 29.2 Å². The molecule has 0 radical (unpaired) electrons. The Balaban J connectivity index is 2.13. The van der Waals surface area contributed by atoms with Crippen LogP contribution < -0.4 is 4.90 Å². The van der Waals surface area contributed by atoms with Crippen LogP contribution in [-0.4, -0.2) is 31.3 Å². The van der Waals surface area contributed by atoms with Crippen molar-refractivity contribution in [2.45, 2.75) is 52.7 Å². The smallest absolute Gasteiger partial charge is 0.416 e. The Morgan fingerprint density at radius 2 is 1.96 bits per heavy atom. The van der Waals surface area contributed by atoms with Crippen LogP contribution in [0.15, 0.2) is 36.8 Å². The number of pyridine rings is 1. The van der Waals surface area contributed by atoms with Gasteiger partial charge in [-0.1, -0.05) is 25.4 Å². The van der Waals surface area contributed by atoms with E-state index in [0.717, 1.165) is 11.1 Å². The maximum absolute atomic E-state index is 13.0. The zero-order valence-electron chi connectivity index (χ0n) is 16.7. The summed E-state index contributed by atoms with van der Waals surface area (Å²) in [5.41, 5.74) is 1.84. The number of fused-ring (bicyclic) bond motifs is 1. The van der Waals surface area contributed by atoms with E-state index in [4.69, 9.17) is 16.3 Å². The molecule has 0 unspecified atom stereocenters. The van der Waals surface area contributed by atoms with E-state index in [2.05, 4.69) is 28.9 Å². The van der Waals surface area contributed by atoms with E-state index in [0.29, 0.717) is 11.5 Å². The first-order chi connectivity index (χ1) is 13.2.